The molecule has 0 bridgehead atoms. The second-order valence-corrected chi connectivity index (χ2v) is 5.02. The number of ketones is 1. The molecule has 0 unspecified atom stereocenters. The minimum atomic E-state index is 0.0722. The lowest BCUT2D eigenvalue weighted by Crippen LogP contribution is -2.17. The Balaban J connectivity index is 2.11. The van der Waals surface area contributed by atoms with Crippen molar-refractivity contribution in [1.82, 2.24) is 0 Å². The third kappa shape index (κ3) is 2.34. The van der Waals surface area contributed by atoms with Crippen molar-refractivity contribution in [2.45, 2.75) is 45.4 Å². The van der Waals surface area contributed by atoms with E-state index < -0.39 is 0 Å². The molecule has 1 atom stereocenters. The zero-order chi connectivity index (χ0) is 11.5. The molecule has 0 N–H and O–H groups in total. The van der Waals surface area contributed by atoms with Crippen LogP contribution in [0.4, 0.5) is 0 Å². The quantitative estimate of drug-likeness (QED) is 0.750. The Labute approximate surface area is 97.9 Å². The van der Waals surface area contributed by atoms with Crippen molar-refractivity contribution in [3.8, 4) is 0 Å². The predicted octanol–water partition coefficient (Wildman–Crippen LogP) is 3.86. The molecule has 1 aliphatic carbocycles. The summed E-state index contributed by atoms with van der Waals surface area (Å²) in [4.78, 5) is 12.3. The van der Waals surface area contributed by atoms with Crippen molar-refractivity contribution in [2.75, 3.05) is 0 Å². The van der Waals surface area contributed by atoms with Gasteiger partial charge in [0.05, 0.1) is 0 Å². The van der Waals surface area contributed by atoms with Crippen molar-refractivity contribution in [1.29, 1.82) is 0 Å². The maximum Gasteiger partial charge on any atom is 0.143 e. The molecule has 0 amide bonds. The summed E-state index contributed by atoms with van der Waals surface area (Å²) in [6, 6.07) is 8.33. The van der Waals surface area contributed by atoms with E-state index in [1.165, 1.54) is 24.0 Å². The number of Topliss-reactive ketones (excluding diaryl/α,β-unsaturated/α-hetero) is 1. The summed E-state index contributed by atoms with van der Waals surface area (Å²) >= 11 is 0. The van der Waals surface area contributed by atoms with Crippen molar-refractivity contribution < 1.29 is 4.79 Å². The highest BCUT2D eigenvalue weighted by atomic mass is 16.1. The largest absolute Gasteiger partial charge is 0.299 e. The van der Waals surface area contributed by atoms with E-state index in [0.29, 0.717) is 11.7 Å². The smallest absolute Gasteiger partial charge is 0.143 e. The molecule has 0 aliphatic heterocycles. The predicted molar refractivity (Wildman–Crippen MR) is 66.6 cm³/mol. The van der Waals surface area contributed by atoms with Crippen LogP contribution in [0.2, 0.25) is 0 Å². The standard InChI is InChI=1S/C15H20O/c1-11-6-5-9-14(10-11)12(2)15(16)13-7-3-4-8-13/h5-6,9-10,12-13H,3-4,7-8H2,1-2H3/t12-/m0/s1. The van der Waals surface area contributed by atoms with E-state index in [4.69, 9.17) is 0 Å². The minimum absolute atomic E-state index is 0.0722. The Morgan fingerprint density at radius 1 is 1.31 bits per heavy atom. The monoisotopic (exact) mass is 216 g/mol. The molecule has 0 saturated heterocycles. The van der Waals surface area contributed by atoms with Crippen LogP contribution in [-0.2, 0) is 4.79 Å². The Hall–Kier alpha value is -1.11. The van der Waals surface area contributed by atoms with Crippen LogP contribution >= 0.6 is 0 Å². The maximum atomic E-state index is 12.3. The van der Waals surface area contributed by atoms with Gasteiger partial charge in [0.15, 0.2) is 0 Å². The second-order valence-electron chi connectivity index (χ2n) is 5.02. The first-order valence-electron chi connectivity index (χ1n) is 6.29. The lowest BCUT2D eigenvalue weighted by Gasteiger charge is -2.15. The van der Waals surface area contributed by atoms with Crippen LogP contribution < -0.4 is 0 Å². The zero-order valence-corrected chi connectivity index (χ0v) is 10.2. The van der Waals surface area contributed by atoms with Gasteiger partial charge in [0, 0.05) is 11.8 Å². The molecule has 0 spiro atoms. The second kappa shape index (κ2) is 4.82. The Bertz CT molecular complexity index is 375. The molecule has 1 aromatic carbocycles. The van der Waals surface area contributed by atoms with Gasteiger partial charge in [0.25, 0.3) is 0 Å². The van der Waals surface area contributed by atoms with Crippen LogP contribution in [-0.4, -0.2) is 5.78 Å². The highest BCUT2D eigenvalue weighted by Gasteiger charge is 2.27. The lowest BCUT2D eigenvalue weighted by atomic mass is 9.87. The molecule has 0 radical (unpaired) electrons. The van der Waals surface area contributed by atoms with Crippen LogP contribution in [0, 0.1) is 12.8 Å². The molecule has 1 saturated carbocycles. The normalized spacial score (nSPS) is 18.6. The highest BCUT2D eigenvalue weighted by molar-refractivity contribution is 5.87. The number of carbonyl (C=O) groups is 1. The summed E-state index contributed by atoms with van der Waals surface area (Å²) in [5.74, 6) is 0.849. The molecule has 86 valence electrons. The Morgan fingerprint density at radius 2 is 2.00 bits per heavy atom. The van der Waals surface area contributed by atoms with Gasteiger partial charge in [-0.2, -0.15) is 0 Å². The summed E-state index contributed by atoms with van der Waals surface area (Å²) in [6.45, 7) is 4.13. The zero-order valence-electron chi connectivity index (χ0n) is 10.2. The lowest BCUT2D eigenvalue weighted by molar-refractivity contribution is -0.123. The van der Waals surface area contributed by atoms with Crippen LogP contribution in [0.3, 0.4) is 0 Å². The van der Waals surface area contributed by atoms with E-state index in [1.807, 2.05) is 6.07 Å². The molecule has 1 fully saturated rings. The molecular weight excluding hydrogens is 196 g/mol. The SMILES string of the molecule is Cc1cccc([C@H](C)C(=O)C2CCCC2)c1. The molecule has 0 aromatic heterocycles. The molecular formula is C15H20O. The molecule has 0 heterocycles. The van der Waals surface area contributed by atoms with E-state index in [9.17, 15) is 4.79 Å². The fraction of sp³-hybridized carbons (Fsp3) is 0.533. The first kappa shape index (κ1) is 11.4. The van der Waals surface area contributed by atoms with Gasteiger partial charge in [-0.3, -0.25) is 4.79 Å². The number of rotatable bonds is 3. The summed E-state index contributed by atoms with van der Waals surface area (Å²) in [7, 11) is 0. The number of hydrogen-bond donors (Lipinski definition) is 0. The molecule has 1 heteroatoms. The summed E-state index contributed by atoms with van der Waals surface area (Å²) < 4.78 is 0. The van der Waals surface area contributed by atoms with E-state index in [2.05, 4.69) is 32.0 Å². The van der Waals surface area contributed by atoms with Crippen LogP contribution in [0.25, 0.3) is 0 Å². The van der Waals surface area contributed by atoms with Gasteiger partial charge < -0.3 is 0 Å². The van der Waals surface area contributed by atoms with Crippen LogP contribution in [0.1, 0.15) is 49.7 Å². The van der Waals surface area contributed by atoms with Gasteiger partial charge in [-0.25, -0.2) is 0 Å². The van der Waals surface area contributed by atoms with Crippen molar-refractivity contribution in [3.63, 3.8) is 0 Å². The third-order valence-corrected chi connectivity index (χ3v) is 3.73. The topological polar surface area (TPSA) is 17.1 Å². The average molecular weight is 216 g/mol. The highest BCUT2D eigenvalue weighted by Crippen LogP contribution is 2.31. The number of hydrogen-bond acceptors (Lipinski definition) is 1. The van der Waals surface area contributed by atoms with Gasteiger partial charge >= 0.3 is 0 Å². The first-order chi connectivity index (χ1) is 7.68. The molecule has 1 aliphatic rings. The average Bonchev–Trinajstić information content (AvgIpc) is 2.80. The maximum absolute atomic E-state index is 12.3. The van der Waals surface area contributed by atoms with E-state index in [1.54, 1.807) is 0 Å². The third-order valence-electron chi connectivity index (χ3n) is 3.73. The van der Waals surface area contributed by atoms with Gasteiger partial charge in [-0.15, -0.1) is 0 Å². The summed E-state index contributed by atoms with van der Waals surface area (Å²) in [6.07, 6.45) is 4.68. The number of aryl methyl sites for hydroxylation is 1. The Kier molecular flexibility index (Phi) is 3.42. The number of benzene rings is 1. The summed E-state index contributed by atoms with van der Waals surface area (Å²) in [5, 5.41) is 0. The van der Waals surface area contributed by atoms with Crippen LogP contribution in [0.15, 0.2) is 24.3 Å². The molecule has 1 nitrogen and oxygen atoms in total. The van der Waals surface area contributed by atoms with E-state index in [0.717, 1.165) is 12.8 Å². The molecule has 2 rings (SSSR count). The van der Waals surface area contributed by atoms with Crippen molar-refractivity contribution >= 4 is 5.78 Å². The van der Waals surface area contributed by atoms with Gasteiger partial charge in [-0.05, 0) is 25.3 Å². The number of carbonyl (C=O) groups excluding carboxylic acids is 1. The fourth-order valence-corrected chi connectivity index (χ4v) is 2.67. The van der Waals surface area contributed by atoms with E-state index >= 15 is 0 Å². The molecule has 16 heavy (non-hydrogen) atoms. The Morgan fingerprint density at radius 3 is 2.62 bits per heavy atom. The summed E-state index contributed by atoms with van der Waals surface area (Å²) in [5.41, 5.74) is 2.42. The van der Waals surface area contributed by atoms with Crippen LogP contribution in [0.5, 0.6) is 0 Å². The fourth-order valence-electron chi connectivity index (χ4n) is 2.67. The first-order valence-corrected chi connectivity index (χ1v) is 6.29. The van der Waals surface area contributed by atoms with Gasteiger partial charge in [0.1, 0.15) is 5.78 Å². The van der Waals surface area contributed by atoms with E-state index in [-0.39, 0.29) is 5.92 Å². The van der Waals surface area contributed by atoms with Gasteiger partial charge in [-0.1, -0.05) is 49.6 Å². The van der Waals surface area contributed by atoms with Crippen molar-refractivity contribution in [2.24, 2.45) is 5.92 Å². The molecule has 1 aromatic rings. The van der Waals surface area contributed by atoms with Gasteiger partial charge in [0.2, 0.25) is 0 Å². The van der Waals surface area contributed by atoms with Crippen molar-refractivity contribution in [3.05, 3.63) is 35.4 Å². The minimum Gasteiger partial charge on any atom is -0.299 e.